The Balaban J connectivity index is 2.09. The van der Waals surface area contributed by atoms with E-state index >= 15 is 0 Å². The number of nitrogens with one attached hydrogen (secondary N) is 1. The zero-order valence-corrected chi connectivity index (χ0v) is 11.9. The Hall–Kier alpha value is -3.17. The van der Waals surface area contributed by atoms with Crippen molar-refractivity contribution in [2.45, 2.75) is 6.42 Å². The quantitative estimate of drug-likeness (QED) is 0.320. The largest absolute Gasteiger partial charge is 0.481 e. The van der Waals surface area contributed by atoms with Crippen LogP contribution < -0.4 is 15.0 Å². The van der Waals surface area contributed by atoms with Gasteiger partial charge in [0.05, 0.1) is 29.6 Å². The lowest BCUT2D eigenvalue weighted by atomic mass is 10.2. The maximum atomic E-state index is 11.8. The lowest BCUT2D eigenvalue weighted by Crippen LogP contribution is -2.43. The van der Waals surface area contributed by atoms with Gasteiger partial charge in [0.2, 0.25) is 5.91 Å². The molecule has 0 spiro atoms. The molecule has 1 aromatic rings. The Labute approximate surface area is 129 Å². The van der Waals surface area contributed by atoms with Gasteiger partial charge in [-0.3, -0.25) is 19.7 Å². The molecule has 0 saturated heterocycles. The van der Waals surface area contributed by atoms with Gasteiger partial charge >= 0.3 is 11.9 Å². The molecule has 0 atom stereocenters. The summed E-state index contributed by atoms with van der Waals surface area (Å²) in [6.07, 6.45) is -0.212. The number of carbonyl (C=O) groups excluding carboxylic acids is 2. The lowest BCUT2D eigenvalue weighted by molar-refractivity contribution is -0.384. The smallest absolute Gasteiger partial charge is 0.331 e. The molecule has 2 N–H and O–H groups in total. The van der Waals surface area contributed by atoms with Crippen LogP contribution in [-0.4, -0.2) is 47.5 Å². The van der Waals surface area contributed by atoms with Gasteiger partial charge in [-0.15, -0.1) is 0 Å². The van der Waals surface area contributed by atoms with Crippen LogP contribution >= 0.6 is 0 Å². The fourth-order valence-electron chi connectivity index (χ4n) is 2.03. The van der Waals surface area contributed by atoms with Gasteiger partial charge < -0.3 is 20.1 Å². The monoisotopic (exact) mass is 323 g/mol. The van der Waals surface area contributed by atoms with Crippen molar-refractivity contribution in [3.05, 3.63) is 28.3 Å². The summed E-state index contributed by atoms with van der Waals surface area (Å²) in [5.41, 5.74) is 0.146. The molecule has 0 bridgehead atoms. The number of nitrogens with zero attached hydrogens (tertiary/aromatic N) is 2. The van der Waals surface area contributed by atoms with E-state index in [1.54, 1.807) is 0 Å². The van der Waals surface area contributed by atoms with Crippen LogP contribution in [0.4, 0.5) is 11.4 Å². The van der Waals surface area contributed by atoms with E-state index in [4.69, 9.17) is 9.84 Å². The summed E-state index contributed by atoms with van der Waals surface area (Å²) >= 11 is 0. The molecule has 0 saturated carbocycles. The number of carboxylic acids is 1. The molecule has 1 amide bonds. The van der Waals surface area contributed by atoms with Crippen molar-refractivity contribution in [1.29, 1.82) is 0 Å². The maximum Gasteiger partial charge on any atom is 0.331 e. The first-order chi connectivity index (χ1) is 10.9. The minimum absolute atomic E-state index is 0.00814. The molecule has 0 aromatic heterocycles. The van der Waals surface area contributed by atoms with Crippen LogP contribution in [0.1, 0.15) is 6.42 Å². The Morgan fingerprint density at radius 2 is 2.17 bits per heavy atom. The fourth-order valence-corrected chi connectivity index (χ4v) is 2.03. The van der Waals surface area contributed by atoms with Crippen molar-refractivity contribution in [3.63, 3.8) is 0 Å². The molecule has 1 aliphatic rings. The second-order valence-corrected chi connectivity index (χ2v) is 4.73. The molecule has 1 heterocycles. The zero-order valence-electron chi connectivity index (χ0n) is 11.9. The summed E-state index contributed by atoms with van der Waals surface area (Å²) < 4.78 is 4.95. The van der Waals surface area contributed by atoms with Gasteiger partial charge in [-0.05, 0) is 6.07 Å². The van der Waals surface area contributed by atoms with Crippen LogP contribution in [0.5, 0.6) is 5.75 Å². The number of non-ortho nitro benzene ring substituents is 1. The van der Waals surface area contributed by atoms with Gasteiger partial charge in [-0.1, -0.05) is 0 Å². The first-order valence-corrected chi connectivity index (χ1v) is 6.59. The highest BCUT2D eigenvalue weighted by Crippen LogP contribution is 2.34. The van der Waals surface area contributed by atoms with Crippen LogP contribution in [0.3, 0.4) is 0 Å². The predicted octanol–water partition coefficient (Wildman–Crippen LogP) is -0.0889. The number of ether oxygens (including phenoxy) is 1. The molecule has 122 valence electrons. The van der Waals surface area contributed by atoms with Gasteiger partial charge in [-0.25, -0.2) is 4.79 Å². The fraction of sp³-hybridized carbons (Fsp3) is 0.308. The second kappa shape index (κ2) is 6.73. The molecular weight excluding hydrogens is 310 g/mol. The topological polar surface area (TPSA) is 139 Å². The molecular formula is C13H13N3O7. The highest BCUT2D eigenvalue weighted by atomic mass is 16.6. The summed E-state index contributed by atoms with van der Waals surface area (Å²) in [5, 5.41) is 21.7. The third kappa shape index (κ3) is 4.15. The molecule has 0 fully saturated rings. The number of aliphatic carboxylic acids is 1. The first-order valence-electron chi connectivity index (χ1n) is 6.59. The Kier molecular flexibility index (Phi) is 4.74. The predicted molar refractivity (Wildman–Crippen MR) is 76.2 cm³/mol. The average Bonchev–Trinajstić information content (AvgIpc) is 2.45. The number of rotatable bonds is 6. The average molecular weight is 323 g/mol. The SMILES string of the molecule is O=C(O)CCNC(=O)CN1CC(=O)Oc2cc([N+](=O)[O-])ccc21. The summed E-state index contributed by atoms with van der Waals surface area (Å²) in [6, 6.07) is 3.75. The number of carboxylic acid groups (broad SMARTS) is 1. The Morgan fingerprint density at radius 3 is 2.83 bits per heavy atom. The van der Waals surface area contributed by atoms with Gasteiger partial charge in [0.1, 0.15) is 6.54 Å². The number of esters is 1. The summed E-state index contributed by atoms with van der Waals surface area (Å²) in [6.45, 7) is -0.406. The molecule has 1 aromatic carbocycles. The van der Waals surface area contributed by atoms with Crippen LogP contribution in [0.2, 0.25) is 0 Å². The number of benzene rings is 1. The molecule has 10 heteroatoms. The number of nitro benzene ring substituents is 1. The van der Waals surface area contributed by atoms with E-state index in [0.29, 0.717) is 5.69 Å². The molecule has 10 nitrogen and oxygen atoms in total. The molecule has 2 rings (SSSR count). The highest BCUT2D eigenvalue weighted by molar-refractivity contribution is 5.89. The minimum Gasteiger partial charge on any atom is -0.481 e. The number of fused-ring (bicyclic) bond motifs is 1. The van der Waals surface area contributed by atoms with Crippen LogP contribution in [0.15, 0.2) is 18.2 Å². The Morgan fingerprint density at radius 1 is 1.43 bits per heavy atom. The van der Waals surface area contributed by atoms with Crippen LogP contribution in [0.25, 0.3) is 0 Å². The van der Waals surface area contributed by atoms with Gasteiger partial charge in [0.25, 0.3) is 5.69 Å². The van der Waals surface area contributed by atoms with Crippen molar-refractivity contribution >= 4 is 29.2 Å². The van der Waals surface area contributed by atoms with Gasteiger partial charge in [-0.2, -0.15) is 0 Å². The van der Waals surface area contributed by atoms with E-state index in [0.717, 1.165) is 6.07 Å². The third-order valence-corrected chi connectivity index (χ3v) is 3.03. The molecule has 1 aliphatic heterocycles. The standard InChI is InChI=1S/C13H13N3O7/c17-11(14-4-3-12(18)19)6-15-7-13(20)23-10-5-8(16(21)22)1-2-9(10)15/h1-2,5H,3-4,6-7H2,(H,14,17)(H,18,19). The van der Waals surface area contributed by atoms with Crippen molar-refractivity contribution in [1.82, 2.24) is 5.32 Å². The maximum absolute atomic E-state index is 11.8. The first kappa shape index (κ1) is 16.2. The molecule has 23 heavy (non-hydrogen) atoms. The van der Waals surface area contributed by atoms with E-state index in [2.05, 4.69) is 5.32 Å². The van der Waals surface area contributed by atoms with Crippen molar-refractivity contribution in [3.8, 4) is 5.75 Å². The van der Waals surface area contributed by atoms with E-state index in [9.17, 15) is 24.5 Å². The Bertz CT molecular complexity index is 674. The number of hydrogen-bond donors (Lipinski definition) is 2. The van der Waals surface area contributed by atoms with Crippen LogP contribution in [0, 0.1) is 10.1 Å². The second-order valence-electron chi connectivity index (χ2n) is 4.73. The number of nitro groups is 1. The third-order valence-electron chi connectivity index (χ3n) is 3.03. The number of amides is 1. The van der Waals surface area contributed by atoms with E-state index in [1.165, 1.54) is 17.0 Å². The molecule has 0 radical (unpaired) electrons. The van der Waals surface area contributed by atoms with Crippen molar-refractivity contribution in [2.24, 2.45) is 0 Å². The van der Waals surface area contributed by atoms with E-state index in [1.807, 2.05) is 0 Å². The van der Waals surface area contributed by atoms with Crippen molar-refractivity contribution in [2.75, 3.05) is 24.5 Å². The van der Waals surface area contributed by atoms with Gasteiger partial charge in [0, 0.05) is 12.6 Å². The lowest BCUT2D eigenvalue weighted by Gasteiger charge is -2.28. The molecule has 0 aliphatic carbocycles. The number of hydrogen-bond acceptors (Lipinski definition) is 7. The molecule has 0 unspecified atom stereocenters. The van der Waals surface area contributed by atoms with E-state index < -0.39 is 22.8 Å². The summed E-state index contributed by atoms with van der Waals surface area (Å²) in [4.78, 5) is 45.2. The van der Waals surface area contributed by atoms with Crippen LogP contribution in [-0.2, 0) is 14.4 Å². The number of carbonyl (C=O) groups is 3. The van der Waals surface area contributed by atoms with Gasteiger partial charge in [0.15, 0.2) is 5.75 Å². The summed E-state index contributed by atoms with van der Waals surface area (Å²) in [5.74, 6) is -2.14. The van der Waals surface area contributed by atoms with E-state index in [-0.39, 0.29) is 37.5 Å². The van der Waals surface area contributed by atoms with Crippen molar-refractivity contribution < 1.29 is 29.2 Å². The highest BCUT2D eigenvalue weighted by Gasteiger charge is 2.27. The summed E-state index contributed by atoms with van der Waals surface area (Å²) in [7, 11) is 0. The number of anilines is 1. The zero-order chi connectivity index (χ0) is 17.0. The normalized spacial score (nSPS) is 13.0. The minimum atomic E-state index is -1.04.